The van der Waals surface area contributed by atoms with Gasteiger partial charge in [-0.2, -0.15) is 13.2 Å². The lowest BCUT2D eigenvalue weighted by molar-refractivity contribution is -0.137. The lowest BCUT2D eigenvalue weighted by Gasteiger charge is -2.24. The number of pyridine rings is 1. The molecule has 3 aromatic heterocycles. The number of nitrogens with zero attached hydrogens (tertiary/aromatic N) is 5. The molecule has 12 nitrogen and oxygen atoms in total. The number of hydrogen-bond donors (Lipinski definition) is 3. The summed E-state index contributed by atoms with van der Waals surface area (Å²) in [6.45, 7) is -0.388. The minimum atomic E-state index is -4.63. The first-order chi connectivity index (χ1) is 26.0. The second-order valence-electron chi connectivity index (χ2n) is 13.1. The molecule has 274 valence electrons. The van der Waals surface area contributed by atoms with Crippen LogP contribution in [0.3, 0.4) is 0 Å². The van der Waals surface area contributed by atoms with Crippen LogP contribution in [0.15, 0.2) is 95.9 Å². The highest BCUT2D eigenvalue weighted by atomic mass is 79.9. The molecule has 6 aromatic rings. The van der Waals surface area contributed by atoms with Crippen LogP contribution in [0.25, 0.3) is 33.1 Å². The Morgan fingerprint density at radius 2 is 1.67 bits per heavy atom. The van der Waals surface area contributed by atoms with Crippen LogP contribution in [0.4, 0.5) is 29.6 Å². The molecule has 2 atom stereocenters. The molecule has 54 heavy (non-hydrogen) atoms. The molecule has 4 heterocycles. The fraction of sp³-hybridized carbons (Fsp3) is 0.211. The minimum Gasteiger partial charge on any atom is -0.449 e. The van der Waals surface area contributed by atoms with Crippen molar-refractivity contribution < 1.29 is 32.3 Å². The molecule has 3 amide bonds. The van der Waals surface area contributed by atoms with Gasteiger partial charge in [0, 0.05) is 17.8 Å². The molecule has 3 aromatic carbocycles. The number of benzene rings is 3. The number of alkyl carbamates (subject to hydrolysis) is 1. The van der Waals surface area contributed by atoms with Crippen molar-refractivity contribution in [1.82, 2.24) is 29.7 Å². The van der Waals surface area contributed by atoms with Crippen LogP contribution in [0, 0.1) is 0 Å². The van der Waals surface area contributed by atoms with E-state index in [1.807, 2.05) is 48.5 Å². The van der Waals surface area contributed by atoms with Crippen LogP contribution in [0.2, 0.25) is 0 Å². The second-order valence-corrected chi connectivity index (χ2v) is 13.9. The normalized spacial score (nSPS) is 16.7. The molecule has 0 radical (unpaired) electrons. The average molecular weight is 800 g/mol. The number of amides is 3. The van der Waals surface area contributed by atoms with Crippen LogP contribution in [0.5, 0.6) is 0 Å². The summed E-state index contributed by atoms with van der Waals surface area (Å²) in [5.74, 6) is -1.08. The lowest BCUT2D eigenvalue weighted by Crippen LogP contribution is -2.45. The summed E-state index contributed by atoms with van der Waals surface area (Å²) in [6, 6.07) is 22.3. The van der Waals surface area contributed by atoms with Crippen molar-refractivity contribution in [1.29, 1.82) is 0 Å². The van der Waals surface area contributed by atoms with Crippen LogP contribution in [0.1, 0.15) is 29.0 Å². The van der Waals surface area contributed by atoms with Gasteiger partial charge in [-0.1, -0.05) is 54.6 Å². The van der Waals surface area contributed by atoms with E-state index in [4.69, 9.17) is 10.5 Å². The largest absolute Gasteiger partial charge is 0.449 e. The first-order valence-electron chi connectivity index (χ1n) is 16.9. The SMILES string of the molecule is Nc1ncnc2c1c1cc(C(F)(F)F)ccc1n2CC(=O)N1C[C@H](NC(=O)OCC2c3ccccc3-c3ccccc32)C[C@H]1C(=O)Nc1cccc(Br)n1. The molecule has 16 heteroatoms. The number of anilines is 2. The smallest absolute Gasteiger partial charge is 0.416 e. The molecule has 0 bridgehead atoms. The van der Waals surface area contributed by atoms with Gasteiger partial charge >= 0.3 is 12.3 Å². The Hall–Kier alpha value is -6.03. The first kappa shape index (κ1) is 35.0. The van der Waals surface area contributed by atoms with E-state index >= 15 is 0 Å². The summed E-state index contributed by atoms with van der Waals surface area (Å²) in [5.41, 5.74) is 9.90. The van der Waals surface area contributed by atoms with Crippen molar-refractivity contribution >= 4 is 67.4 Å². The Morgan fingerprint density at radius 1 is 0.944 bits per heavy atom. The van der Waals surface area contributed by atoms with Gasteiger partial charge < -0.3 is 30.6 Å². The third kappa shape index (κ3) is 6.46. The van der Waals surface area contributed by atoms with Gasteiger partial charge in [0.1, 0.15) is 47.4 Å². The van der Waals surface area contributed by atoms with Crippen LogP contribution in [-0.2, 0) is 27.0 Å². The van der Waals surface area contributed by atoms with Crippen molar-refractivity contribution in [2.45, 2.75) is 37.1 Å². The van der Waals surface area contributed by atoms with Crippen molar-refractivity contribution in [3.8, 4) is 11.1 Å². The number of alkyl halides is 3. The number of nitrogens with two attached hydrogens (primary N) is 1. The van der Waals surface area contributed by atoms with E-state index in [1.165, 1.54) is 15.5 Å². The minimum absolute atomic E-state index is 0.0486. The Kier molecular flexibility index (Phi) is 8.92. The maximum atomic E-state index is 14.2. The van der Waals surface area contributed by atoms with E-state index < -0.39 is 48.3 Å². The van der Waals surface area contributed by atoms with E-state index in [0.717, 1.165) is 40.7 Å². The molecule has 2 aliphatic rings. The summed E-state index contributed by atoms with van der Waals surface area (Å²) >= 11 is 3.28. The van der Waals surface area contributed by atoms with Gasteiger partial charge in [0.15, 0.2) is 0 Å². The van der Waals surface area contributed by atoms with Gasteiger partial charge in [0.05, 0.1) is 22.5 Å². The Bertz CT molecular complexity index is 2430. The number of aromatic nitrogens is 4. The number of fused-ring (bicyclic) bond motifs is 6. The summed E-state index contributed by atoms with van der Waals surface area (Å²) < 4.78 is 48.8. The van der Waals surface area contributed by atoms with Gasteiger partial charge in [0.25, 0.3) is 0 Å². The highest BCUT2D eigenvalue weighted by Gasteiger charge is 2.41. The van der Waals surface area contributed by atoms with E-state index in [0.29, 0.717) is 4.60 Å². The fourth-order valence-electron chi connectivity index (χ4n) is 7.46. The summed E-state index contributed by atoms with van der Waals surface area (Å²) in [6.07, 6.45) is -4.13. The van der Waals surface area contributed by atoms with Crippen molar-refractivity contribution in [3.05, 3.63) is 113 Å². The molecule has 1 aliphatic heterocycles. The van der Waals surface area contributed by atoms with Crippen LogP contribution < -0.4 is 16.4 Å². The third-order valence-electron chi connectivity index (χ3n) is 9.85. The van der Waals surface area contributed by atoms with Gasteiger partial charge in [0.2, 0.25) is 11.8 Å². The standard InChI is InChI=1S/C38H30BrF3N8O4/c39-30-10-5-11-31(47-30)48-36(52)29-15-21(46-37(53)54-18-27-24-8-3-1-6-22(24)23-7-2-4-9-25(23)27)16-49(29)32(51)17-50-28-13-12-20(38(40,41)42)14-26(28)33-34(43)44-19-45-35(33)50/h1-14,19,21,27,29H,15-18H2,(H,46,53)(H2,43,44,45)(H,47,48,52)/t21-,29+/m1/s1. The monoisotopic (exact) mass is 798 g/mol. The molecule has 8 rings (SSSR count). The second kappa shape index (κ2) is 13.7. The zero-order valence-corrected chi connectivity index (χ0v) is 29.8. The molecular weight excluding hydrogens is 769 g/mol. The van der Waals surface area contributed by atoms with Crippen molar-refractivity contribution in [2.75, 3.05) is 24.2 Å². The molecule has 1 saturated heterocycles. The summed E-state index contributed by atoms with van der Waals surface area (Å²) in [5, 5.41) is 5.86. The van der Waals surface area contributed by atoms with E-state index in [-0.39, 0.29) is 59.1 Å². The van der Waals surface area contributed by atoms with Crippen LogP contribution in [-0.4, -0.2) is 67.6 Å². The molecule has 1 aliphatic carbocycles. The fourth-order valence-corrected chi connectivity index (χ4v) is 7.80. The maximum absolute atomic E-state index is 14.2. The van der Waals surface area contributed by atoms with Crippen molar-refractivity contribution in [2.24, 2.45) is 0 Å². The number of nitrogens with one attached hydrogen (secondary N) is 2. The quantitative estimate of drug-likeness (QED) is 0.155. The number of likely N-dealkylation sites (tertiary alicyclic amines) is 1. The molecule has 0 unspecified atom stereocenters. The molecular formula is C38H30BrF3N8O4. The van der Waals surface area contributed by atoms with Gasteiger partial charge in [-0.05, 0) is 74.9 Å². The number of halogens is 4. The third-order valence-corrected chi connectivity index (χ3v) is 10.3. The number of nitrogen functional groups attached to an aromatic ring is 1. The molecule has 0 spiro atoms. The van der Waals surface area contributed by atoms with Gasteiger partial charge in [-0.25, -0.2) is 19.7 Å². The Labute approximate surface area is 313 Å². The number of ether oxygens (including phenoxy) is 1. The van der Waals surface area contributed by atoms with Gasteiger partial charge in [-0.15, -0.1) is 0 Å². The predicted octanol–water partition coefficient (Wildman–Crippen LogP) is 6.49. The van der Waals surface area contributed by atoms with Gasteiger partial charge in [-0.3, -0.25) is 9.59 Å². The van der Waals surface area contributed by atoms with Crippen molar-refractivity contribution in [3.63, 3.8) is 0 Å². The number of carbonyl (C=O) groups excluding carboxylic acids is 3. The number of hydrogen-bond acceptors (Lipinski definition) is 8. The topological polar surface area (TPSA) is 157 Å². The molecule has 0 saturated carbocycles. The highest BCUT2D eigenvalue weighted by molar-refractivity contribution is 9.10. The Balaban J connectivity index is 1.04. The number of carbonyl (C=O) groups is 3. The molecule has 1 fully saturated rings. The summed E-state index contributed by atoms with van der Waals surface area (Å²) in [4.78, 5) is 55.0. The molecule has 4 N–H and O–H groups in total. The predicted molar refractivity (Wildman–Crippen MR) is 197 cm³/mol. The van der Waals surface area contributed by atoms with Crippen LogP contribution >= 0.6 is 15.9 Å². The lowest BCUT2D eigenvalue weighted by atomic mass is 9.98. The maximum Gasteiger partial charge on any atom is 0.416 e. The highest BCUT2D eigenvalue weighted by Crippen LogP contribution is 2.44. The zero-order chi connectivity index (χ0) is 37.7. The first-order valence-corrected chi connectivity index (χ1v) is 17.7. The average Bonchev–Trinajstić information content (AvgIpc) is 3.81. The number of rotatable bonds is 7. The zero-order valence-electron chi connectivity index (χ0n) is 28.2. The van der Waals surface area contributed by atoms with E-state index in [1.54, 1.807) is 18.2 Å². The summed E-state index contributed by atoms with van der Waals surface area (Å²) in [7, 11) is 0. The Morgan fingerprint density at radius 3 is 2.37 bits per heavy atom. The van der Waals surface area contributed by atoms with E-state index in [2.05, 4.69) is 41.5 Å². The van der Waals surface area contributed by atoms with E-state index in [9.17, 15) is 27.6 Å².